The molecule has 2 heterocycles. The molecule has 1 saturated carbocycles. The average molecular weight is 318 g/mol. The van der Waals surface area contributed by atoms with E-state index in [1.165, 1.54) is 32.1 Å². The average Bonchev–Trinajstić information content (AvgIpc) is 2.63. The summed E-state index contributed by atoms with van der Waals surface area (Å²) in [6.45, 7) is 2.86. The van der Waals surface area contributed by atoms with Crippen LogP contribution in [0.2, 0.25) is 0 Å². The van der Waals surface area contributed by atoms with Crippen LogP contribution >= 0.6 is 0 Å². The maximum absolute atomic E-state index is 10.5. The van der Waals surface area contributed by atoms with E-state index < -0.39 is 0 Å². The smallest absolute Gasteiger partial charge is 0.147 e. The van der Waals surface area contributed by atoms with Gasteiger partial charge in [0.05, 0.1) is 12.3 Å². The van der Waals surface area contributed by atoms with Gasteiger partial charge in [-0.1, -0.05) is 19.3 Å². The number of aliphatic hydroxyl groups excluding tert-OH is 1. The number of anilines is 1. The van der Waals surface area contributed by atoms with E-state index >= 15 is 0 Å². The third-order valence-corrected chi connectivity index (χ3v) is 5.63. The third-order valence-electron chi connectivity index (χ3n) is 5.63. The summed E-state index contributed by atoms with van der Waals surface area (Å²) in [6.07, 6.45) is 13.8. The second-order valence-electron chi connectivity index (χ2n) is 7.19. The maximum atomic E-state index is 10.5. The van der Waals surface area contributed by atoms with Gasteiger partial charge < -0.3 is 14.9 Å². The normalized spacial score (nSPS) is 22.5. The monoisotopic (exact) mass is 318 g/mol. The van der Waals surface area contributed by atoms with Gasteiger partial charge in [0.25, 0.3) is 0 Å². The second kappa shape index (κ2) is 8.06. The molecule has 1 aromatic rings. The van der Waals surface area contributed by atoms with E-state index in [1.54, 1.807) is 12.4 Å². The zero-order valence-electron chi connectivity index (χ0n) is 14.3. The molecule has 1 aromatic heterocycles. The van der Waals surface area contributed by atoms with Crippen molar-refractivity contribution in [2.45, 2.75) is 57.1 Å². The summed E-state index contributed by atoms with van der Waals surface area (Å²) in [5.41, 5.74) is 0. The van der Waals surface area contributed by atoms with Crippen molar-refractivity contribution in [2.24, 2.45) is 5.92 Å². The molecule has 0 amide bonds. The van der Waals surface area contributed by atoms with Crippen molar-refractivity contribution in [1.82, 2.24) is 14.9 Å². The van der Waals surface area contributed by atoms with E-state index in [0.29, 0.717) is 12.0 Å². The highest BCUT2D eigenvalue weighted by Gasteiger charge is 2.27. The Bertz CT molecular complexity index is 455. The van der Waals surface area contributed by atoms with E-state index in [2.05, 4.69) is 26.8 Å². The van der Waals surface area contributed by atoms with Crippen molar-refractivity contribution in [3.63, 3.8) is 0 Å². The lowest BCUT2D eigenvalue weighted by atomic mass is 9.85. The lowest BCUT2D eigenvalue weighted by Crippen LogP contribution is -2.47. The summed E-state index contributed by atoms with van der Waals surface area (Å²) in [7, 11) is 2.18. The minimum atomic E-state index is -0.154. The number of hydrogen-bond acceptors (Lipinski definition) is 5. The Hall–Kier alpha value is -1.20. The summed E-state index contributed by atoms with van der Waals surface area (Å²) in [5, 5.41) is 10.5. The van der Waals surface area contributed by atoms with Crippen LogP contribution in [-0.4, -0.2) is 58.8 Å². The topological polar surface area (TPSA) is 52.5 Å². The number of aromatic nitrogens is 2. The Balaban J connectivity index is 1.45. The molecule has 1 unspecified atom stereocenters. The minimum absolute atomic E-state index is 0.154. The van der Waals surface area contributed by atoms with Crippen molar-refractivity contribution in [3.8, 4) is 0 Å². The second-order valence-corrected chi connectivity index (χ2v) is 7.19. The predicted octanol–water partition coefficient (Wildman–Crippen LogP) is 2.32. The molecule has 128 valence electrons. The molecule has 0 aromatic carbocycles. The van der Waals surface area contributed by atoms with Crippen molar-refractivity contribution < 1.29 is 5.11 Å². The van der Waals surface area contributed by atoms with E-state index in [4.69, 9.17) is 0 Å². The Kier molecular flexibility index (Phi) is 5.84. The minimum Gasteiger partial charge on any atom is -0.392 e. The number of rotatable bonds is 5. The summed E-state index contributed by atoms with van der Waals surface area (Å²) < 4.78 is 0. The summed E-state index contributed by atoms with van der Waals surface area (Å²) in [5.74, 6) is 1.50. The van der Waals surface area contributed by atoms with Crippen LogP contribution in [0.15, 0.2) is 18.6 Å². The van der Waals surface area contributed by atoms with Gasteiger partial charge in [0.15, 0.2) is 0 Å². The van der Waals surface area contributed by atoms with Gasteiger partial charge in [0.2, 0.25) is 0 Å². The van der Waals surface area contributed by atoms with Gasteiger partial charge in [-0.2, -0.15) is 0 Å². The van der Waals surface area contributed by atoms with Crippen LogP contribution in [0.5, 0.6) is 0 Å². The highest BCUT2D eigenvalue weighted by molar-refractivity contribution is 5.35. The van der Waals surface area contributed by atoms with Gasteiger partial charge in [-0.15, -0.1) is 0 Å². The highest BCUT2D eigenvalue weighted by Crippen LogP contribution is 2.27. The van der Waals surface area contributed by atoms with Crippen LogP contribution in [-0.2, 0) is 0 Å². The fourth-order valence-corrected chi connectivity index (χ4v) is 4.10. The van der Waals surface area contributed by atoms with Gasteiger partial charge in [-0.25, -0.2) is 4.98 Å². The fraction of sp³-hybridized carbons (Fsp3) is 0.778. The van der Waals surface area contributed by atoms with E-state index in [1.807, 2.05) is 6.20 Å². The molecule has 1 atom stereocenters. The fourth-order valence-electron chi connectivity index (χ4n) is 4.10. The molecule has 1 N–H and O–H groups in total. The van der Waals surface area contributed by atoms with Gasteiger partial charge in [0.1, 0.15) is 5.82 Å². The number of likely N-dealkylation sites (N-methyl/N-ethyl adjacent to an activating group) is 1. The Labute approximate surface area is 139 Å². The highest BCUT2D eigenvalue weighted by atomic mass is 16.3. The molecule has 5 nitrogen and oxygen atoms in total. The van der Waals surface area contributed by atoms with Crippen molar-refractivity contribution >= 4 is 5.82 Å². The van der Waals surface area contributed by atoms with E-state index in [9.17, 15) is 5.11 Å². The van der Waals surface area contributed by atoms with Crippen LogP contribution in [0.25, 0.3) is 0 Å². The first kappa shape index (κ1) is 16.7. The molecule has 0 spiro atoms. The first-order chi connectivity index (χ1) is 11.2. The maximum Gasteiger partial charge on any atom is 0.147 e. The van der Waals surface area contributed by atoms with Gasteiger partial charge in [0, 0.05) is 38.1 Å². The standard InChI is InChI=1S/C18H30N4O/c1-21(14-17(23)15-5-3-2-4-6-15)16-7-11-22(12-8-16)18-13-19-9-10-20-18/h9-10,13,15-17,23H,2-8,11-12,14H2,1H3. The summed E-state index contributed by atoms with van der Waals surface area (Å²) in [4.78, 5) is 13.2. The number of nitrogens with zero attached hydrogens (tertiary/aromatic N) is 4. The predicted molar refractivity (Wildman–Crippen MR) is 92.5 cm³/mol. The Morgan fingerprint density at radius 1 is 1.17 bits per heavy atom. The first-order valence-electron chi connectivity index (χ1n) is 9.13. The molecule has 0 radical (unpaired) electrons. The van der Waals surface area contributed by atoms with E-state index in [0.717, 1.165) is 38.3 Å². The SMILES string of the molecule is CN(CC(O)C1CCCCC1)C1CCN(c2cnccn2)CC1. The van der Waals surface area contributed by atoms with Crippen LogP contribution in [0.4, 0.5) is 5.82 Å². The molecule has 2 aliphatic rings. The molecule has 23 heavy (non-hydrogen) atoms. The van der Waals surface area contributed by atoms with Crippen LogP contribution in [0, 0.1) is 5.92 Å². The van der Waals surface area contributed by atoms with Crippen LogP contribution in [0.1, 0.15) is 44.9 Å². The zero-order chi connectivity index (χ0) is 16.1. The lowest BCUT2D eigenvalue weighted by Gasteiger charge is -2.39. The van der Waals surface area contributed by atoms with Crippen LogP contribution < -0.4 is 4.90 Å². The molecule has 3 rings (SSSR count). The van der Waals surface area contributed by atoms with E-state index in [-0.39, 0.29) is 6.10 Å². The number of aliphatic hydroxyl groups is 1. The van der Waals surface area contributed by atoms with Crippen molar-refractivity contribution in [1.29, 1.82) is 0 Å². The number of piperidine rings is 1. The molecule has 1 saturated heterocycles. The Morgan fingerprint density at radius 2 is 1.91 bits per heavy atom. The molecular formula is C18H30N4O. The van der Waals surface area contributed by atoms with Gasteiger partial charge in [-0.05, 0) is 38.6 Å². The molecule has 1 aliphatic heterocycles. The quantitative estimate of drug-likeness (QED) is 0.903. The largest absolute Gasteiger partial charge is 0.392 e. The van der Waals surface area contributed by atoms with Gasteiger partial charge in [-0.3, -0.25) is 4.98 Å². The third kappa shape index (κ3) is 4.42. The molecule has 0 bridgehead atoms. The van der Waals surface area contributed by atoms with Gasteiger partial charge >= 0.3 is 0 Å². The summed E-state index contributed by atoms with van der Waals surface area (Å²) in [6, 6.07) is 0.571. The first-order valence-corrected chi connectivity index (χ1v) is 9.13. The zero-order valence-corrected chi connectivity index (χ0v) is 14.3. The lowest BCUT2D eigenvalue weighted by molar-refractivity contribution is 0.0394. The molecule has 2 fully saturated rings. The number of hydrogen-bond donors (Lipinski definition) is 1. The molecular weight excluding hydrogens is 288 g/mol. The summed E-state index contributed by atoms with van der Waals surface area (Å²) >= 11 is 0. The Morgan fingerprint density at radius 3 is 2.57 bits per heavy atom. The molecule has 5 heteroatoms. The van der Waals surface area contributed by atoms with Crippen molar-refractivity contribution in [2.75, 3.05) is 31.6 Å². The molecule has 1 aliphatic carbocycles. The van der Waals surface area contributed by atoms with Crippen LogP contribution in [0.3, 0.4) is 0 Å². The van der Waals surface area contributed by atoms with Crippen molar-refractivity contribution in [3.05, 3.63) is 18.6 Å².